The monoisotopic (exact) mass is 565 g/mol. The predicted molar refractivity (Wildman–Crippen MR) is 158 cm³/mol. The molecule has 0 saturated carbocycles. The maximum absolute atomic E-state index is 11.6. The van der Waals surface area contributed by atoms with Crippen LogP contribution in [0, 0.1) is 13.8 Å². The van der Waals surface area contributed by atoms with Crippen LogP contribution in [0.4, 0.5) is 5.69 Å². The molecule has 0 radical (unpaired) electrons. The average Bonchev–Trinajstić information content (AvgIpc) is 3.29. The number of aromatic nitrogens is 2. The van der Waals surface area contributed by atoms with Crippen LogP contribution in [0.25, 0.3) is 5.69 Å². The van der Waals surface area contributed by atoms with Crippen molar-refractivity contribution >= 4 is 34.9 Å². The first-order chi connectivity index (χ1) is 18.6. The number of anilines is 1. The average molecular weight is 567 g/mol. The Hall–Kier alpha value is -3.48. The van der Waals surface area contributed by atoms with Gasteiger partial charge in [-0.2, -0.15) is 5.10 Å². The third-order valence-corrected chi connectivity index (χ3v) is 7.45. The summed E-state index contributed by atoms with van der Waals surface area (Å²) in [5, 5.41) is 15.2. The molecule has 1 aromatic heterocycles. The van der Waals surface area contributed by atoms with Crippen molar-refractivity contribution in [3.8, 4) is 11.4 Å². The Morgan fingerprint density at radius 2 is 1.79 bits per heavy atom. The molecular formula is C31H33Cl2N3O3. The molecule has 0 aliphatic heterocycles. The molecule has 0 saturated heterocycles. The van der Waals surface area contributed by atoms with Crippen LogP contribution in [0.15, 0.2) is 60.8 Å². The Bertz CT molecular complexity index is 1480. The topological polar surface area (TPSA) is 67.6 Å². The number of benzene rings is 3. The second kappa shape index (κ2) is 12.1. The van der Waals surface area contributed by atoms with E-state index in [9.17, 15) is 9.90 Å². The number of para-hydroxylation sites is 1. The van der Waals surface area contributed by atoms with E-state index in [4.69, 9.17) is 27.9 Å². The molecule has 0 aliphatic rings. The molecule has 0 unspecified atom stereocenters. The second-order valence-electron chi connectivity index (χ2n) is 10.1. The van der Waals surface area contributed by atoms with Crippen molar-refractivity contribution in [1.29, 1.82) is 0 Å². The number of aromatic carboxylic acids is 1. The van der Waals surface area contributed by atoms with Gasteiger partial charge >= 0.3 is 5.97 Å². The van der Waals surface area contributed by atoms with Crippen molar-refractivity contribution in [2.45, 2.75) is 46.6 Å². The normalized spacial score (nSPS) is 11.2. The lowest BCUT2D eigenvalue weighted by molar-refractivity contribution is 0.0695. The fourth-order valence-corrected chi connectivity index (χ4v) is 5.30. The molecule has 0 bridgehead atoms. The minimum atomic E-state index is -0.899. The molecule has 1 N–H and O–H groups in total. The van der Waals surface area contributed by atoms with E-state index in [-0.39, 0.29) is 5.92 Å². The van der Waals surface area contributed by atoms with Gasteiger partial charge in [-0.1, -0.05) is 60.8 Å². The van der Waals surface area contributed by atoms with Gasteiger partial charge in [0.1, 0.15) is 18.0 Å². The summed E-state index contributed by atoms with van der Waals surface area (Å²) in [5.74, 6) is 0.0831. The Kier molecular flexibility index (Phi) is 8.88. The largest absolute Gasteiger partial charge is 0.487 e. The zero-order valence-electron chi connectivity index (χ0n) is 22.8. The van der Waals surface area contributed by atoms with Gasteiger partial charge in [0.25, 0.3) is 0 Å². The Balaban J connectivity index is 1.50. The van der Waals surface area contributed by atoms with Crippen molar-refractivity contribution in [3.63, 3.8) is 0 Å². The van der Waals surface area contributed by atoms with E-state index in [0.29, 0.717) is 40.9 Å². The molecule has 8 heteroatoms. The molecule has 39 heavy (non-hydrogen) atoms. The van der Waals surface area contributed by atoms with Crippen LogP contribution in [-0.2, 0) is 13.0 Å². The van der Waals surface area contributed by atoms with Gasteiger partial charge in [-0.15, -0.1) is 0 Å². The van der Waals surface area contributed by atoms with Crippen LogP contribution in [0.3, 0.4) is 0 Å². The van der Waals surface area contributed by atoms with E-state index in [1.807, 2.05) is 63.5 Å². The van der Waals surface area contributed by atoms with Crippen molar-refractivity contribution in [2.75, 3.05) is 18.5 Å². The number of nitrogens with zero attached hydrogens (tertiary/aromatic N) is 3. The third kappa shape index (κ3) is 6.40. The van der Waals surface area contributed by atoms with Gasteiger partial charge in [-0.3, -0.25) is 0 Å². The van der Waals surface area contributed by atoms with Crippen LogP contribution in [0.2, 0.25) is 10.0 Å². The molecule has 0 fully saturated rings. The zero-order valence-corrected chi connectivity index (χ0v) is 24.3. The number of likely N-dealkylation sites (N-methyl/N-ethyl adjacent to an activating group) is 1. The molecule has 0 spiro atoms. The summed E-state index contributed by atoms with van der Waals surface area (Å²) in [5.41, 5.74) is 6.96. The van der Waals surface area contributed by atoms with E-state index in [1.165, 1.54) is 0 Å². The number of hydrogen-bond acceptors (Lipinski definition) is 4. The summed E-state index contributed by atoms with van der Waals surface area (Å²) in [6, 6.07) is 16.9. The van der Waals surface area contributed by atoms with Crippen LogP contribution in [-0.4, -0.2) is 34.4 Å². The lowest BCUT2D eigenvalue weighted by atomic mass is 10.0. The van der Waals surface area contributed by atoms with Crippen LogP contribution in [0.1, 0.15) is 58.1 Å². The molecule has 3 aromatic carbocycles. The smallest absolute Gasteiger partial charge is 0.335 e. The molecule has 4 rings (SSSR count). The molecule has 4 aromatic rings. The van der Waals surface area contributed by atoms with E-state index >= 15 is 0 Å². The van der Waals surface area contributed by atoms with Gasteiger partial charge in [0.05, 0.1) is 27.5 Å². The second-order valence-corrected chi connectivity index (χ2v) is 10.9. The molecule has 0 atom stereocenters. The number of carboxylic acid groups (broad SMARTS) is 1. The van der Waals surface area contributed by atoms with Gasteiger partial charge in [0.2, 0.25) is 0 Å². The van der Waals surface area contributed by atoms with E-state index in [1.54, 1.807) is 22.9 Å². The van der Waals surface area contributed by atoms with Gasteiger partial charge in [0.15, 0.2) is 0 Å². The van der Waals surface area contributed by atoms with Crippen LogP contribution < -0.4 is 9.64 Å². The highest BCUT2D eigenvalue weighted by Gasteiger charge is 2.19. The van der Waals surface area contributed by atoms with Crippen molar-refractivity contribution in [3.05, 3.63) is 104 Å². The number of ether oxygens (including phenoxy) is 1. The highest BCUT2D eigenvalue weighted by molar-refractivity contribution is 6.37. The number of hydrogen-bond donors (Lipinski definition) is 1. The Morgan fingerprint density at radius 3 is 2.44 bits per heavy atom. The van der Waals surface area contributed by atoms with Crippen LogP contribution >= 0.6 is 23.2 Å². The maximum Gasteiger partial charge on any atom is 0.335 e. The first kappa shape index (κ1) is 28.5. The number of rotatable bonds is 10. The van der Waals surface area contributed by atoms with E-state index in [2.05, 4.69) is 23.8 Å². The summed E-state index contributed by atoms with van der Waals surface area (Å²) in [6.45, 7) is 9.23. The maximum atomic E-state index is 11.6. The lowest BCUT2D eigenvalue weighted by Gasteiger charge is -2.23. The van der Waals surface area contributed by atoms with Crippen LogP contribution in [0.5, 0.6) is 5.75 Å². The SMILES string of the molecule is Cc1ccc(C(=O)O)c(CCN(C)c2ccc(OCc3c(C(C)C)cnn3-c3c(Cl)cccc3Cl)cc2C)c1. The fourth-order valence-electron chi connectivity index (χ4n) is 4.74. The summed E-state index contributed by atoms with van der Waals surface area (Å²) in [6.07, 6.45) is 2.47. The van der Waals surface area contributed by atoms with Gasteiger partial charge in [-0.05, 0) is 79.3 Å². The first-order valence-corrected chi connectivity index (χ1v) is 13.6. The first-order valence-electron chi connectivity index (χ1n) is 12.9. The Labute approximate surface area is 239 Å². The van der Waals surface area contributed by atoms with Gasteiger partial charge in [-0.25, -0.2) is 9.48 Å². The molecular weight excluding hydrogens is 533 g/mol. The van der Waals surface area contributed by atoms with E-state index in [0.717, 1.165) is 39.4 Å². The minimum absolute atomic E-state index is 0.242. The molecule has 204 valence electrons. The summed E-state index contributed by atoms with van der Waals surface area (Å²) in [7, 11) is 2.01. The van der Waals surface area contributed by atoms with Crippen molar-refractivity contribution in [2.24, 2.45) is 0 Å². The highest BCUT2D eigenvalue weighted by atomic mass is 35.5. The molecule has 6 nitrogen and oxygen atoms in total. The summed E-state index contributed by atoms with van der Waals surface area (Å²) < 4.78 is 8.02. The van der Waals surface area contributed by atoms with Crippen molar-refractivity contribution in [1.82, 2.24) is 9.78 Å². The van der Waals surface area contributed by atoms with Crippen molar-refractivity contribution < 1.29 is 14.6 Å². The number of halogens is 2. The minimum Gasteiger partial charge on any atom is -0.487 e. The summed E-state index contributed by atoms with van der Waals surface area (Å²) in [4.78, 5) is 13.8. The summed E-state index contributed by atoms with van der Waals surface area (Å²) >= 11 is 13.0. The predicted octanol–water partition coefficient (Wildman–Crippen LogP) is 7.88. The number of carbonyl (C=O) groups is 1. The molecule has 0 aliphatic carbocycles. The highest BCUT2D eigenvalue weighted by Crippen LogP contribution is 2.32. The van der Waals surface area contributed by atoms with Gasteiger partial charge < -0.3 is 14.7 Å². The molecule has 0 amide bonds. The standard InChI is InChI=1S/C31H33Cl2N3O3/c1-19(2)25-17-34-36(30-26(32)7-6-8-27(30)33)29(25)18-39-23-10-12-28(21(4)16-23)35(5)14-13-22-15-20(3)9-11-24(22)31(37)38/h6-12,15-17,19H,13-14,18H2,1-5H3,(H,37,38). The molecule has 1 heterocycles. The third-order valence-electron chi connectivity index (χ3n) is 6.84. The Morgan fingerprint density at radius 1 is 1.08 bits per heavy atom. The fraction of sp³-hybridized carbons (Fsp3) is 0.290. The number of carboxylic acids is 1. The van der Waals surface area contributed by atoms with E-state index < -0.39 is 5.97 Å². The lowest BCUT2D eigenvalue weighted by Crippen LogP contribution is -2.22. The number of aryl methyl sites for hydroxylation is 2. The van der Waals surface area contributed by atoms with Gasteiger partial charge in [0, 0.05) is 19.3 Å². The zero-order chi connectivity index (χ0) is 28.3. The quantitative estimate of drug-likeness (QED) is 0.212.